The molecule has 1 amide bonds. The highest BCUT2D eigenvalue weighted by molar-refractivity contribution is 5.78. The lowest BCUT2D eigenvalue weighted by atomic mass is 10.1. The quantitative estimate of drug-likeness (QED) is 0.654. The van der Waals surface area contributed by atoms with Crippen molar-refractivity contribution in [3.63, 3.8) is 0 Å². The smallest absolute Gasteiger partial charge is 0.260 e. The standard InChI is InChI=1S/C14H18N2O2/c1-11-6-8-16(9-7-11)14(17)10-18-13-5-3-2-4-12(13)15/h2-6H,7-10,15H2,1H3. The first-order valence-electron chi connectivity index (χ1n) is 6.07. The van der Waals surface area contributed by atoms with Crippen molar-refractivity contribution in [2.45, 2.75) is 13.3 Å². The molecular formula is C14H18N2O2. The van der Waals surface area contributed by atoms with E-state index in [0.29, 0.717) is 18.0 Å². The van der Waals surface area contributed by atoms with Crippen LogP contribution >= 0.6 is 0 Å². The number of hydrogen-bond acceptors (Lipinski definition) is 3. The average molecular weight is 246 g/mol. The van der Waals surface area contributed by atoms with Gasteiger partial charge in [0.2, 0.25) is 0 Å². The predicted molar refractivity (Wildman–Crippen MR) is 71.3 cm³/mol. The van der Waals surface area contributed by atoms with E-state index < -0.39 is 0 Å². The van der Waals surface area contributed by atoms with E-state index in [0.717, 1.165) is 13.0 Å². The Hall–Kier alpha value is -1.97. The van der Waals surface area contributed by atoms with Gasteiger partial charge in [0.25, 0.3) is 5.91 Å². The third-order valence-corrected chi connectivity index (χ3v) is 3.06. The molecule has 2 rings (SSSR count). The summed E-state index contributed by atoms with van der Waals surface area (Å²) in [6.07, 6.45) is 3.03. The zero-order chi connectivity index (χ0) is 13.0. The van der Waals surface area contributed by atoms with E-state index >= 15 is 0 Å². The topological polar surface area (TPSA) is 55.6 Å². The van der Waals surface area contributed by atoms with Crippen LogP contribution in [-0.2, 0) is 4.79 Å². The van der Waals surface area contributed by atoms with E-state index in [1.165, 1.54) is 5.57 Å². The van der Waals surface area contributed by atoms with E-state index in [9.17, 15) is 4.79 Å². The van der Waals surface area contributed by atoms with Gasteiger partial charge in [-0.05, 0) is 25.5 Å². The van der Waals surface area contributed by atoms with Crippen LogP contribution in [0.1, 0.15) is 13.3 Å². The van der Waals surface area contributed by atoms with Crippen LogP contribution < -0.4 is 10.5 Å². The molecule has 4 heteroatoms. The number of benzene rings is 1. The zero-order valence-corrected chi connectivity index (χ0v) is 10.6. The fraction of sp³-hybridized carbons (Fsp3) is 0.357. The van der Waals surface area contributed by atoms with Crippen LogP contribution in [0, 0.1) is 0 Å². The maximum absolute atomic E-state index is 11.9. The molecule has 96 valence electrons. The summed E-state index contributed by atoms with van der Waals surface area (Å²) in [5.74, 6) is 0.566. The second-order valence-corrected chi connectivity index (χ2v) is 4.47. The molecular weight excluding hydrogens is 228 g/mol. The summed E-state index contributed by atoms with van der Waals surface area (Å²) in [4.78, 5) is 13.7. The van der Waals surface area contributed by atoms with E-state index in [2.05, 4.69) is 13.0 Å². The van der Waals surface area contributed by atoms with Crippen LogP contribution in [0.3, 0.4) is 0 Å². The minimum atomic E-state index is 0.00185. The van der Waals surface area contributed by atoms with Crippen molar-refractivity contribution in [3.8, 4) is 5.75 Å². The molecule has 0 saturated carbocycles. The predicted octanol–water partition coefficient (Wildman–Crippen LogP) is 1.83. The Morgan fingerprint density at radius 2 is 2.22 bits per heavy atom. The van der Waals surface area contributed by atoms with Gasteiger partial charge in [-0.15, -0.1) is 0 Å². The summed E-state index contributed by atoms with van der Waals surface area (Å²) >= 11 is 0. The molecule has 0 fully saturated rings. The summed E-state index contributed by atoms with van der Waals surface area (Å²) in [6, 6.07) is 7.20. The first-order chi connectivity index (χ1) is 8.66. The summed E-state index contributed by atoms with van der Waals surface area (Å²) in [5.41, 5.74) is 7.64. The molecule has 1 aliphatic rings. The maximum atomic E-state index is 11.9. The number of rotatable bonds is 3. The number of amides is 1. The van der Waals surface area contributed by atoms with Gasteiger partial charge in [0.05, 0.1) is 5.69 Å². The zero-order valence-electron chi connectivity index (χ0n) is 10.6. The molecule has 1 aromatic rings. The molecule has 1 aromatic carbocycles. The largest absolute Gasteiger partial charge is 0.482 e. The van der Waals surface area contributed by atoms with Gasteiger partial charge in [0, 0.05) is 13.1 Å². The highest BCUT2D eigenvalue weighted by Crippen LogP contribution is 2.19. The minimum absolute atomic E-state index is 0.00185. The van der Waals surface area contributed by atoms with Crippen molar-refractivity contribution in [1.29, 1.82) is 0 Å². The summed E-state index contributed by atoms with van der Waals surface area (Å²) < 4.78 is 5.44. The van der Waals surface area contributed by atoms with E-state index in [1.54, 1.807) is 17.0 Å². The van der Waals surface area contributed by atoms with Crippen LogP contribution in [-0.4, -0.2) is 30.5 Å². The maximum Gasteiger partial charge on any atom is 0.260 e. The highest BCUT2D eigenvalue weighted by atomic mass is 16.5. The first-order valence-corrected chi connectivity index (χ1v) is 6.07. The number of nitrogen functional groups attached to an aromatic ring is 1. The van der Waals surface area contributed by atoms with Gasteiger partial charge >= 0.3 is 0 Å². The molecule has 0 saturated heterocycles. The van der Waals surface area contributed by atoms with Crippen LogP contribution in [0.2, 0.25) is 0 Å². The lowest BCUT2D eigenvalue weighted by molar-refractivity contribution is -0.133. The summed E-state index contributed by atoms with van der Waals surface area (Å²) in [5, 5.41) is 0. The molecule has 1 heterocycles. The number of ether oxygens (including phenoxy) is 1. The molecule has 0 aromatic heterocycles. The number of para-hydroxylation sites is 2. The Morgan fingerprint density at radius 3 is 2.89 bits per heavy atom. The second kappa shape index (κ2) is 5.58. The number of nitrogens with zero attached hydrogens (tertiary/aromatic N) is 1. The van der Waals surface area contributed by atoms with Gasteiger partial charge in [0.15, 0.2) is 6.61 Å². The number of nitrogens with two attached hydrogens (primary N) is 1. The van der Waals surface area contributed by atoms with Gasteiger partial charge in [-0.3, -0.25) is 4.79 Å². The van der Waals surface area contributed by atoms with E-state index in [1.807, 2.05) is 12.1 Å². The van der Waals surface area contributed by atoms with Crippen LogP contribution in [0.5, 0.6) is 5.75 Å². The van der Waals surface area contributed by atoms with Crippen molar-refractivity contribution >= 4 is 11.6 Å². The van der Waals surface area contributed by atoms with Crippen molar-refractivity contribution in [2.75, 3.05) is 25.4 Å². The van der Waals surface area contributed by atoms with Crippen molar-refractivity contribution in [1.82, 2.24) is 4.90 Å². The Morgan fingerprint density at radius 1 is 1.44 bits per heavy atom. The van der Waals surface area contributed by atoms with Crippen molar-refractivity contribution in [3.05, 3.63) is 35.9 Å². The third-order valence-electron chi connectivity index (χ3n) is 3.06. The SMILES string of the molecule is CC1=CCN(C(=O)COc2ccccc2N)CC1. The molecule has 1 aliphatic heterocycles. The number of hydrogen-bond donors (Lipinski definition) is 1. The molecule has 18 heavy (non-hydrogen) atoms. The fourth-order valence-electron chi connectivity index (χ4n) is 1.84. The average Bonchev–Trinajstić information content (AvgIpc) is 2.38. The van der Waals surface area contributed by atoms with Gasteiger partial charge in [-0.1, -0.05) is 23.8 Å². The molecule has 0 unspecified atom stereocenters. The lowest BCUT2D eigenvalue weighted by Crippen LogP contribution is -2.37. The van der Waals surface area contributed by atoms with Crippen LogP contribution in [0.25, 0.3) is 0 Å². The Bertz CT molecular complexity index is 469. The number of carbonyl (C=O) groups excluding carboxylic acids is 1. The fourth-order valence-corrected chi connectivity index (χ4v) is 1.84. The van der Waals surface area contributed by atoms with Crippen molar-refractivity contribution < 1.29 is 9.53 Å². The first kappa shape index (κ1) is 12.5. The Balaban J connectivity index is 1.87. The van der Waals surface area contributed by atoms with Gasteiger partial charge in [-0.25, -0.2) is 0 Å². The number of carbonyl (C=O) groups is 1. The molecule has 0 spiro atoms. The van der Waals surface area contributed by atoms with E-state index in [-0.39, 0.29) is 12.5 Å². The highest BCUT2D eigenvalue weighted by Gasteiger charge is 2.16. The van der Waals surface area contributed by atoms with Gasteiger partial charge < -0.3 is 15.4 Å². The summed E-state index contributed by atoms with van der Waals surface area (Å²) in [6.45, 7) is 3.58. The van der Waals surface area contributed by atoms with E-state index in [4.69, 9.17) is 10.5 Å². The Labute approximate surface area is 107 Å². The summed E-state index contributed by atoms with van der Waals surface area (Å²) in [7, 11) is 0. The van der Waals surface area contributed by atoms with Crippen molar-refractivity contribution in [2.24, 2.45) is 0 Å². The molecule has 0 aliphatic carbocycles. The minimum Gasteiger partial charge on any atom is -0.482 e. The third kappa shape index (κ3) is 3.03. The number of anilines is 1. The molecule has 0 radical (unpaired) electrons. The van der Waals surface area contributed by atoms with Gasteiger partial charge in [-0.2, -0.15) is 0 Å². The Kier molecular flexibility index (Phi) is 3.87. The molecule has 2 N–H and O–H groups in total. The monoisotopic (exact) mass is 246 g/mol. The second-order valence-electron chi connectivity index (χ2n) is 4.47. The molecule has 4 nitrogen and oxygen atoms in total. The van der Waals surface area contributed by atoms with Gasteiger partial charge in [0.1, 0.15) is 5.75 Å². The molecule has 0 bridgehead atoms. The normalized spacial score (nSPS) is 15.2. The van der Waals surface area contributed by atoms with Crippen LogP contribution in [0.4, 0.5) is 5.69 Å². The van der Waals surface area contributed by atoms with Crippen LogP contribution in [0.15, 0.2) is 35.9 Å². The molecule has 0 atom stereocenters. The lowest BCUT2D eigenvalue weighted by Gasteiger charge is -2.25.